The largest absolute Gasteiger partial charge is 0.310 e. The van der Waals surface area contributed by atoms with E-state index in [1.54, 1.807) is 11.3 Å². The maximum Gasteiger partial charge on any atom is 0.107 e. The van der Waals surface area contributed by atoms with Crippen LogP contribution in [0.15, 0.2) is 23.7 Å². The summed E-state index contributed by atoms with van der Waals surface area (Å²) in [6, 6.07) is 4.68. The smallest absolute Gasteiger partial charge is 0.107 e. The molecule has 4 heteroatoms. The molecule has 16 heavy (non-hydrogen) atoms. The Labute approximate surface area is 100 Å². The molecule has 0 unspecified atom stereocenters. The summed E-state index contributed by atoms with van der Waals surface area (Å²) in [5.41, 5.74) is 2.37. The first-order chi connectivity index (χ1) is 7.66. The average Bonchev–Trinajstić information content (AvgIpc) is 2.82. The van der Waals surface area contributed by atoms with Crippen LogP contribution in [0.25, 0.3) is 10.6 Å². The van der Waals surface area contributed by atoms with Gasteiger partial charge in [-0.15, -0.1) is 11.3 Å². The van der Waals surface area contributed by atoms with Gasteiger partial charge in [0, 0.05) is 31.4 Å². The second kappa shape index (κ2) is 4.80. The highest BCUT2D eigenvalue weighted by Crippen LogP contribution is 2.26. The Morgan fingerprint density at radius 2 is 2.31 bits per heavy atom. The van der Waals surface area contributed by atoms with E-state index in [2.05, 4.69) is 48.0 Å². The summed E-state index contributed by atoms with van der Waals surface area (Å²) in [4.78, 5) is 1.24. The summed E-state index contributed by atoms with van der Waals surface area (Å²) in [6.45, 7) is 5.18. The van der Waals surface area contributed by atoms with Crippen molar-refractivity contribution >= 4 is 11.3 Å². The van der Waals surface area contributed by atoms with E-state index in [4.69, 9.17) is 0 Å². The van der Waals surface area contributed by atoms with Crippen LogP contribution < -0.4 is 5.32 Å². The summed E-state index contributed by atoms with van der Waals surface area (Å²) < 4.78 is 1.88. The minimum atomic E-state index is 0.497. The van der Waals surface area contributed by atoms with E-state index in [1.807, 2.05) is 11.7 Å². The third kappa shape index (κ3) is 2.51. The van der Waals surface area contributed by atoms with Crippen molar-refractivity contribution in [1.82, 2.24) is 15.1 Å². The Hall–Kier alpha value is -1.13. The van der Waals surface area contributed by atoms with E-state index in [-0.39, 0.29) is 0 Å². The Kier molecular flexibility index (Phi) is 3.41. The fourth-order valence-electron chi connectivity index (χ4n) is 1.60. The number of rotatable bonds is 4. The van der Waals surface area contributed by atoms with E-state index in [0.717, 1.165) is 12.2 Å². The summed E-state index contributed by atoms with van der Waals surface area (Å²) in [7, 11) is 1.97. The molecule has 0 saturated carbocycles. The summed E-state index contributed by atoms with van der Waals surface area (Å²) in [5, 5.41) is 10.0. The van der Waals surface area contributed by atoms with Gasteiger partial charge in [0.05, 0.1) is 4.88 Å². The zero-order valence-electron chi connectivity index (χ0n) is 9.90. The molecule has 0 amide bonds. The molecular formula is C12H17N3S. The van der Waals surface area contributed by atoms with Gasteiger partial charge in [0.25, 0.3) is 0 Å². The highest BCUT2D eigenvalue weighted by atomic mass is 32.1. The SMILES string of the molecule is CC(C)NCc1cn(C)nc1-c1cccs1. The molecule has 86 valence electrons. The number of aromatic nitrogens is 2. The second-order valence-corrected chi connectivity index (χ2v) is 5.14. The summed E-state index contributed by atoms with van der Waals surface area (Å²) >= 11 is 1.73. The van der Waals surface area contributed by atoms with Gasteiger partial charge in [-0.2, -0.15) is 5.10 Å². The first kappa shape index (κ1) is 11.4. The van der Waals surface area contributed by atoms with Crippen molar-refractivity contribution in [3.05, 3.63) is 29.3 Å². The molecule has 0 radical (unpaired) electrons. The lowest BCUT2D eigenvalue weighted by Crippen LogP contribution is -2.21. The lowest BCUT2D eigenvalue weighted by atomic mass is 10.2. The van der Waals surface area contributed by atoms with Crippen molar-refractivity contribution in [1.29, 1.82) is 0 Å². The van der Waals surface area contributed by atoms with Gasteiger partial charge < -0.3 is 5.32 Å². The van der Waals surface area contributed by atoms with E-state index >= 15 is 0 Å². The third-order valence-corrected chi connectivity index (χ3v) is 3.24. The first-order valence-corrected chi connectivity index (χ1v) is 6.34. The Bertz CT molecular complexity index is 443. The molecule has 0 aliphatic rings. The van der Waals surface area contributed by atoms with E-state index < -0.39 is 0 Å². The van der Waals surface area contributed by atoms with Gasteiger partial charge in [-0.25, -0.2) is 0 Å². The van der Waals surface area contributed by atoms with E-state index in [9.17, 15) is 0 Å². The fraction of sp³-hybridized carbons (Fsp3) is 0.417. The quantitative estimate of drug-likeness (QED) is 0.883. The van der Waals surface area contributed by atoms with Crippen LogP contribution in [0, 0.1) is 0 Å². The molecule has 2 aromatic rings. The summed E-state index contributed by atoms with van der Waals surface area (Å²) in [5.74, 6) is 0. The molecule has 0 aromatic carbocycles. The number of nitrogens with one attached hydrogen (secondary N) is 1. The predicted molar refractivity (Wildman–Crippen MR) is 68.5 cm³/mol. The van der Waals surface area contributed by atoms with Gasteiger partial charge >= 0.3 is 0 Å². The molecule has 1 N–H and O–H groups in total. The highest BCUT2D eigenvalue weighted by Gasteiger charge is 2.10. The maximum atomic E-state index is 4.52. The first-order valence-electron chi connectivity index (χ1n) is 5.46. The average molecular weight is 235 g/mol. The van der Waals surface area contributed by atoms with E-state index in [0.29, 0.717) is 6.04 Å². The van der Waals surface area contributed by atoms with Gasteiger partial charge in [0.1, 0.15) is 5.69 Å². The van der Waals surface area contributed by atoms with Gasteiger partial charge in [-0.3, -0.25) is 4.68 Å². The fourth-order valence-corrected chi connectivity index (χ4v) is 2.35. The molecule has 0 saturated heterocycles. The molecule has 0 aliphatic carbocycles. The van der Waals surface area contributed by atoms with Crippen molar-refractivity contribution in [2.24, 2.45) is 7.05 Å². The molecule has 0 spiro atoms. The molecule has 0 atom stereocenters. The van der Waals surface area contributed by atoms with Crippen LogP contribution >= 0.6 is 11.3 Å². The van der Waals surface area contributed by atoms with Crippen molar-refractivity contribution in [2.75, 3.05) is 0 Å². The van der Waals surface area contributed by atoms with Gasteiger partial charge in [0.2, 0.25) is 0 Å². The monoisotopic (exact) mass is 235 g/mol. The normalized spacial score (nSPS) is 11.2. The number of thiophene rings is 1. The van der Waals surface area contributed by atoms with Crippen molar-refractivity contribution in [2.45, 2.75) is 26.4 Å². The second-order valence-electron chi connectivity index (χ2n) is 4.19. The van der Waals surface area contributed by atoms with Crippen molar-refractivity contribution < 1.29 is 0 Å². The molecule has 2 aromatic heterocycles. The number of hydrogen-bond donors (Lipinski definition) is 1. The Balaban J connectivity index is 2.24. The van der Waals surface area contributed by atoms with Crippen molar-refractivity contribution in [3.63, 3.8) is 0 Å². The van der Waals surface area contributed by atoms with Gasteiger partial charge in [0.15, 0.2) is 0 Å². The Morgan fingerprint density at radius 3 is 2.94 bits per heavy atom. The van der Waals surface area contributed by atoms with Gasteiger partial charge in [-0.05, 0) is 11.4 Å². The Morgan fingerprint density at radius 1 is 1.50 bits per heavy atom. The van der Waals surface area contributed by atoms with Crippen LogP contribution in [-0.4, -0.2) is 15.8 Å². The van der Waals surface area contributed by atoms with Crippen LogP contribution in [0.4, 0.5) is 0 Å². The third-order valence-electron chi connectivity index (χ3n) is 2.36. The molecule has 2 rings (SSSR count). The molecular weight excluding hydrogens is 218 g/mol. The highest BCUT2D eigenvalue weighted by molar-refractivity contribution is 7.13. The number of aryl methyl sites for hydroxylation is 1. The van der Waals surface area contributed by atoms with Crippen LogP contribution in [0.5, 0.6) is 0 Å². The molecule has 3 nitrogen and oxygen atoms in total. The zero-order valence-corrected chi connectivity index (χ0v) is 10.7. The minimum absolute atomic E-state index is 0.497. The van der Waals surface area contributed by atoms with Crippen molar-refractivity contribution in [3.8, 4) is 10.6 Å². The van der Waals surface area contributed by atoms with Crippen LogP contribution in [-0.2, 0) is 13.6 Å². The van der Waals surface area contributed by atoms with Crippen LogP contribution in [0.2, 0.25) is 0 Å². The minimum Gasteiger partial charge on any atom is -0.310 e. The number of hydrogen-bond acceptors (Lipinski definition) is 3. The standard InChI is InChI=1S/C12H17N3S/c1-9(2)13-7-10-8-15(3)14-12(10)11-5-4-6-16-11/h4-6,8-9,13H,7H2,1-3H3. The lowest BCUT2D eigenvalue weighted by molar-refractivity contribution is 0.589. The maximum absolute atomic E-state index is 4.52. The molecule has 0 fully saturated rings. The van der Waals surface area contributed by atoms with E-state index in [1.165, 1.54) is 10.4 Å². The topological polar surface area (TPSA) is 29.9 Å². The predicted octanol–water partition coefficient (Wildman–Crippen LogP) is 2.65. The van der Waals surface area contributed by atoms with Crippen LogP contribution in [0.1, 0.15) is 19.4 Å². The zero-order chi connectivity index (χ0) is 11.5. The van der Waals surface area contributed by atoms with Crippen LogP contribution in [0.3, 0.4) is 0 Å². The molecule has 2 heterocycles. The van der Waals surface area contributed by atoms with Gasteiger partial charge in [-0.1, -0.05) is 19.9 Å². The molecule has 0 bridgehead atoms. The lowest BCUT2D eigenvalue weighted by Gasteiger charge is -2.06. The number of nitrogens with zero attached hydrogens (tertiary/aromatic N) is 2. The molecule has 0 aliphatic heterocycles. The summed E-state index contributed by atoms with van der Waals surface area (Å²) in [6.07, 6.45) is 2.09.